The third-order valence-electron chi connectivity index (χ3n) is 2.81. The number of nitrogens with zero attached hydrogens (tertiary/aromatic N) is 2. The average molecular weight is 446 g/mol. The van der Waals surface area contributed by atoms with E-state index in [-0.39, 0.29) is 30.1 Å². The highest BCUT2D eigenvalue weighted by atomic mass is 127. The molecule has 0 saturated heterocycles. The van der Waals surface area contributed by atoms with E-state index >= 15 is 0 Å². The monoisotopic (exact) mass is 446 g/mol. The number of hydrogen-bond donors (Lipinski definition) is 2. The molecule has 1 aromatic carbocycles. The molecule has 0 bridgehead atoms. The molecule has 0 amide bonds. The van der Waals surface area contributed by atoms with Gasteiger partial charge >= 0.3 is 0 Å². The molecule has 5 nitrogen and oxygen atoms in total. The van der Waals surface area contributed by atoms with Gasteiger partial charge in [0.1, 0.15) is 5.75 Å². The van der Waals surface area contributed by atoms with Crippen molar-refractivity contribution in [2.75, 3.05) is 5.32 Å². The first-order valence-corrected chi connectivity index (χ1v) is 8.21. The number of aromatic nitrogens is 1. The second-order valence-electron chi connectivity index (χ2n) is 5.10. The summed E-state index contributed by atoms with van der Waals surface area (Å²) < 4.78 is 5.60. The fraction of sp³-hybridized carbons (Fsp3) is 0.375. The topological polar surface area (TPSA) is 72.5 Å². The molecule has 23 heavy (non-hydrogen) atoms. The third-order valence-corrected chi connectivity index (χ3v) is 3.85. The molecular formula is C16H23IN4OS. The molecular weight excluding hydrogens is 423 g/mol. The summed E-state index contributed by atoms with van der Waals surface area (Å²) in [4.78, 5) is 8.76. The molecule has 0 aliphatic carbocycles. The maximum Gasteiger partial charge on any atom is 0.193 e. The summed E-state index contributed by atoms with van der Waals surface area (Å²) in [7, 11) is 0. The average Bonchev–Trinajstić information content (AvgIpc) is 2.95. The largest absolute Gasteiger partial charge is 0.491 e. The molecule has 0 radical (unpaired) electrons. The first-order chi connectivity index (χ1) is 10.6. The van der Waals surface area contributed by atoms with E-state index in [0.29, 0.717) is 12.5 Å². The van der Waals surface area contributed by atoms with Crippen LogP contribution < -0.4 is 15.8 Å². The van der Waals surface area contributed by atoms with Crippen molar-refractivity contribution in [3.05, 3.63) is 40.3 Å². The molecule has 1 aromatic heterocycles. The zero-order chi connectivity index (χ0) is 15.9. The lowest BCUT2D eigenvalue weighted by Gasteiger charge is -2.10. The minimum absolute atomic E-state index is 0. The van der Waals surface area contributed by atoms with Crippen LogP contribution in [-0.2, 0) is 13.0 Å². The van der Waals surface area contributed by atoms with Crippen LogP contribution in [0.5, 0.6) is 5.75 Å². The van der Waals surface area contributed by atoms with Crippen LogP contribution in [0.4, 0.5) is 5.69 Å². The van der Waals surface area contributed by atoms with E-state index in [2.05, 4.69) is 22.2 Å². The van der Waals surface area contributed by atoms with Crippen molar-refractivity contribution >= 4 is 47.0 Å². The summed E-state index contributed by atoms with van der Waals surface area (Å²) in [5.74, 6) is 1.22. The van der Waals surface area contributed by atoms with Gasteiger partial charge in [0.2, 0.25) is 0 Å². The summed E-state index contributed by atoms with van der Waals surface area (Å²) in [6.07, 6.45) is 1.11. The Bertz CT molecular complexity index is 625. The van der Waals surface area contributed by atoms with Gasteiger partial charge in [0.05, 0.1) is 23.4 Å². The van der Waals surface area contributed by atoms with Crippen LogP contribution in [0.1, 0.15) is 31.5 Å². The van der Waals surface area contributed by atoms with Gasteiger partial charge in [0.25, 0.3) is 0 Å². The van der Waals surface area contributed by atoms with Crippen LogP contribution >= 0.6 is 35.3 Å². The molecule has 3 N–H and O–H groups in total. The first-order valence-electron chi connectivity index (χ1n) is 7.33. The van der Waals surface area contributed by atoms with Gasteiger partial charge in [0, 0.05) is 11.1 Å². The quantitative estimate of drug-likeness (QED) is 0.399. The Morgan fingerprint density at radius 3 is 2.61 bits per heavy atom. The zero-order valence-electron chi connectivity index (χ0n) is 13.6. The van der Waals surface area contributed by atoms with E-state index in [4.69, 9.17) is 10.5 Å². The van der Waals surface area contributed by atoms with E-state index < -0.39 is 0 Å². The van der Waals surface area contributed by atoms with Gasteiger partial charge in [-0.3, -0.25) is 0 Å². The van der Waals surface area contributed by atoms with Crippen LogP contribution in [0.15, 0.2) is 34.6 Å². The number of thiazole rings is 1. The SMILES string of the molecule is CCc1nc(CN=C(N)Nc2ccc(OC(C)C)cc2)cs1.I. The zero-order valence-corrected chi connectivity index (χ0v) is 16.7. The lowest BCUT2D eigenvalue weighted by Crippen LogP contribution is -2.22. The number of aryl methyl sites for hydroxylation is 1. The van der Waals surface area contributed by atoms with Crippen molar-refractivity contribution in [1.29, 1.82) is 0 Å². The fourth-order valence-electron chi connectivity index (χ4n) is 1.83. The number of hydrogen-bond acceptors (Lipinski definition) is 4. The number of anilines is 1. The van der Waals surface area contributed by atoms with Gasteiger partial charge < -0.3 is 15.8 Å². The molecule has 0 unspecified atom stereocenters. The number of nitrogens with one attached hydrogen (secondary N) is 1. The normalized spacial score (nSPS) is 11.2. The first kappa shape index (κ1) is 19.7. The fourth-order valence-corrected chi connectivity index (χ4v) is 2.56. The Balaban J connectivity index is 0.00000264. The number of rotatable bonds is 6. The lowest BCUT2D eigenvalue weighted by molar-refractivity contribution is 0.242. The van der Waals surface area contributed by atoms with E-state index in [9.17, 15) is 0 Å². The number of aliphatic imine (C=N–C) groups is 1. The number of ether oxygens (including phenoxy) is 1. The highest BCUT2D eigenvalue weighted by molar-refractivity contribution is 14.0. The molecule has 0 atom stereocenters. The Morgan fingerprint density at radius 1 is 1.35 bits per heavy atom. The lowest BCUT2D eigenvalue weighted by atomic mass is 10.3. The molecule has 0 aliphatic heterocycles. The summed E-state index contributed by atoms with van der Waals surface area (Å²) in [5, 5.41) is 6.21. The summed E-state index contributed by atoms with van der Waals surface area (Å²) in [5.41, 5.74) is 7.73. The van der Waals surface area contributed by atoms with Gasteiger partial charge in [-0.05, 0) is 44.5 Å². The van der Waals surface area contributed by atoms with Crippen LogP contribution in [-0.4, -0.2) is 17.0 Å². The van der Waals surface area contributed by atoms with Crippen molar-refractivity contribution in [3.63, 3.8) is 0 Å². The Hall–Kier alpha value is -1.35. The minimum Gasteiger partial charge on any atom is -0.491 e. The molecule has 2 aromatic rings. The molecule has 7 heteroatoms. The van der Waals surface area contributed by atoms with Crippen LogP contribution in [0.3, 0.4) is 0 Å². The number of guanidine groups is 1. The number of benzene rings is 1. The maximum atomic E-state index is 5.89. The van der Waals surface area contributed by atoms with Crippen molar-refractivity contribution in [2.24, 2.45) is 10.7 Å². The maximum absolute atomic E-state index is 5.89. The van der Waals surface area contributed by atoms with Crippen LogP contribution in [0, 0.1) is 0 Å². The third kappa shape index (κ3) is 6.74. The Kier molecular flexibility index (Phi) is 8.32. The second kappa shape index (κ2) is 9.71. The van der Waals surface area contributed by atoms with E-state index in [1.807, 2.05) is 43.5 Å². The molecule has 0 fully saturated rings. The van der Waals surface area contributed by atoms with Gasteiger partial charge in [-0.15, -0.1) is 35.3 Å². The standard InChI is InChI=1S/C16H22N4OS.HI/c1-4-15-19-13(10-22-15)9-18-16(17)20-12-5-7-14(8-6-12)21-11(2)3;/h5-8,10-11H,4,9H2,1-3H3,(H3,17,18,20);1H. The predicted octanol–water partition coefficient (Wildman–Crippen LogP) is 4.04. The number of halogens is 1. The number of nitrogens with two attached hydrogens (primary N) is 1. The summed E-state index contributed by atoms with van der Waals surface area (Å²) in [6.45, 7) is 6.58. The highest BCUT2D eigenvalue weighted by Crippen LogP contribution is 2.17. The molecule has 0 spiro atoms. The van der Waals surface area contributed by atoms with E-state index in [1.165, 1.54) is 0 Å². The molecule has 126 valence electrons. The van der Waals surface area contributed by atoms with Crippen LogP contribution in [0.25, 0.3) is 0 Å². The Morgan fingerprint density at radius 2 is 2.04 bits per heavy atom. The van der Waals surface area contributed by atoms with Crippen molar-refractivity contribution in [1.82, 2.24) is 4.98 Å². The summed E-state index contributed by atoms with van der Waals surface area (Å²) in [6, 6.07) is 7.64. The smallest absolute Gasteiger partial charge is 0.193 e. The summed E-state index contributed by atoms with van der Waals surface area (Å²) >= 11 is 1.66. The molecule has 1 heterocycles. The molecule has 2 rings (SSSR count). The van der Waals surface area contributed by atoms with Gasteiger partial charge in [-0.1, -0.05) is 6.92 Å². The van der Waals surface area contributed by atoms with Gasteiger partial charge in [-0.2, -0.15) is 0 Å². The Labute approximate surface area is 158 Å². The molecule has 0 aliphatic rings. The van der Waals surface area contributed by atoms with E-state index in [0.717, 1.165) is 28.6 Å². The van der Waals surface area contributed by atoms with Crippen molar-refractivity contribution < 1.29 is 4.74 Å². The minimum atomic E-state index is 0. The molecule has 0 saturated carbocycles. The van der Waals surface area contributed by atoms with Crippen molar-refractivity contribution in [3.8, 4) is 5.75 Å². The predicted molar refractivity (Wildman–Crippen MR) is 108 cm³/mol. The second-order valence-corrected chi connectivity index (χ2v) is 6.05. The van der Waals surface area contributed by atoms with Gasteiger partial charge in [-0.25, -0.2) is 9.98 Å². The van der Waals surface area contributed by atoms with Gasteiger partial charge in [0.15, 0.2) is 5.96 Å². The van der Waals surface area contributed by atoms with Crippen molar-refractivity contribution in [2.45, 2.75) is 39.8 Å². The highest BCUT2D eigenvalue weighted by Gasteiger charge is 2.01. The van der Waals surface area contributed by atoms with Crippen LogP contribution in [0.2, 0.25) is 0 Å². The van der Waals surface area contributed by atoms with E-state index in [1.54, 1.807) is 11.3 Å².